The monoisotopic (exact) mass is 293 g/mol. The Bertz CT molecular complexity index is 637. The first-order chi connectivity index (χ1) is 9.51. The number of nitrogen functional groups attached to an aromatic ring is 1. The van der Waals surface area contributed by atoms with Crippen molar-refractivity contribution in [1.29, 1.82) is 0 Å². The largest absolute Gasteiger partial charge is 0.456 e. The van der Waals surface area contributed by atoms with E-state index in [1.807, 2.05) is 20.0 Å². The predicted molar refractivity (Wildman–Crippen MR) is 77.6 cm³/mol. The van der Waals surface area contributed by atoms with Crippen LogP contribution in [0, 0.1) is 0 Å². The first kappa shape index (κ1) is 14.4. The Morgan fingerprint density at radius 3 is 2.80 bits per heavy atom. The van der Waals surface area contributed by atoms with Gasteiger partial charge >= 0.3 is 5.97 Å². The van der Waals surface area contributed by atoms with E-state index in [2.05, 4.69) is 5.10 Å². The van der Waals surface area contributed by atoms with E-state index in [0.29, 0.717) is 16.3 Å². The number of anilines is 1. The van der Waals surface area contributed by atoms with Gasteiger partial charge in [0.05, 0.1) is 27.7 Å². The van der Waals surface area contributed by atoms with Crippen molar-refractivity contribution in [3.63, 3.8) is 0 Å². The Morgan fingerprint density at radius 1 is 1.45 bits per heavy atom. The van der Waals surface area contributed by atoms with Crippen LogP contribution in [-0.4, -0.2) is 15.7 Å². The minimum Gasteiger partial charge on any atom is -0.456 e. The highest BCUT2D eigenvalue weighted by Gasteiger charge is 2.11. The normalized spacial score (nSPS) is 10.6. The number of esters is 1. The highest BCUT2D eigenvalue weighted by molar-refractivity contribution is 6.33. The second-order valence-electron chi connectivity index (χ2n) is 4.42. The topological polar surface area (TPSA) is 70.1 Å². The molecule has 20 heavy (non-hydrogen) atoms. The molecule has 0 aliphatic heterocycles. The number of hydrogen-bond acceptors (Lipinski definition) is 4. The van der Waals surface area contributed by atoms with Gasteiger partial charge in [-0.2, -0.15) is 5.10 Å². The van der Waals surface area contributed by atoms with Crippen LogP contribution < -0.4 is 5.73 Å². The molecule has 1 aromatic carbocycles. The molecule has 0 bridgehead atoms. The maximum Gasteiger partial charge on any atom is 0.338 e. The quantitative estimate of drug-likeness (QED) is 0.695. The number of halogens is 1. The average molecular weight is 294 g/mol. The van der Waals surface area contributed by atoms with Crippen molar-refractivity contribution in [2.45, 2.75) is 20.0 Å². The summed E-state index contributed by atoms with van der Waals surface area (Å²) < 4.78 is 6.96. The number of benzene rings is 1. The Balaban J connectivity index is 2.04. The Morgan fingerprint density at radius 2 is 2.20 bits per heavy atom. The zero-order valence-corrected chi connectivity index (χ0v) is 12.1. The van der Waals surface area contributed by atoms with Crippen molar-refractivity contribution in [2.24, 2.45) is 7.05 Å². The lowest BCUT2D eigenvalue weighted by atomic mass is 10.2. The summed E-state index contributed by atoms with van der Waals surface area (Å²) in [4.78, 5) is 11.9. The van der Waals surface area contributed by atoms with E-state index >= 15 is 0 Å². The first-order valence-corrected chi connectivity index (χ1v) is 6.63. The van der Waals surface area contributed by atoms with Crippen molar-refractivity contribution in [1.82, 2.24) is 9.78 Å². The molecule has 6 heteroatoms. The van der Waals surface area contributed by atoms with Crippen LogP contribution in [0.5, 0.6) is 0 Å². The second-order valence-corrected chi connectivity index (χ2v) is 4.82. The van der Waals surface area contributed by atoms with Gasteiger partial charge in [0.1, 0.15) is 6.61 Å². The van der Waals surface area contributed by atoms with Crippen LogP contribution in [0.25, 0.3) is 0 Å². The van der Waals surface area contributed by atoms with Gasteiger partial charge in [-0.25, -0.2) is 4.79 Å². The molecule has 0 aliphatic carbocycles. The molecule has 2 N–H and O–H groups in total. The van der Waals surface area contributed by atoms with E-state index in [1.54, 1.807) is 16.8 Å². The molecule has 1 aromatic heterocycles. The van der Waals surface area contributed by atoms with E-state index in [0.717, 1.165) is 17.8 Å². The molecule has 0 saturated carbocycles. The molecule has 5 nitrogen and oxygen atoms in total. The molecule has 0 amide bonds. The lowest BCUT2D eigenvalue weighted by Gasteiger charge is -2.06. The Labute approximate surface area is 122 Å². The molecule has 0 unspecified atom stereocenters. The summed E-state index contributed by atoms with van der Waals surface area (Å²) in [6.07, 6.45) is 0.843. The van der Waals surface area contributed by atoms with Crippen molar-refractivity contribution in [2.75, 3.05) is 5.73 Å². The fourth-order valence-electron chi connectivity index (χ4n) is 1.77. The molecule has 0 atom stereocenters. The molecular weight excluding hydrogens is 278 g/mol. The molecule has 106 valence electrons. The summed E-state index contributed by atoms with van der Waals surface area (Å²) in [6, 6.07) is 6.59. The maximum atomic E-state index is 11.9. The number of nitrogens with two attached hydrogens (primary N) is 1. The van der Waals surface area contributed by atoms with Crippen molar-refractivity contribution < 1.29 is 9.53 Å². The van der Waals surface area contributed by atoms with Gasteiger partial charge in [0.15, 0.2) is 0 Å². The van der Waals surface area contributed by atoms with Crippen LogP contribution in [0.1, 0.15) is 28.7 Å². The number of carbonyl (C=O) groups is 1. The van der Waals surface area contributed by atoms with Crippen LogP contribution in [-0.2, 0) is 24.8 Å². The third kappa shape index (κ3) is 3.11. The van der Waals surface area contributed by atoms with Crippen LogP contribution >= 0.6 is 11.6 Å². The van der Waals surface area contributed by atoms with Gasteiger partial charge < -0.3 is 10.5 Å². The summed E-state index contributed by atoms with van der Waals surface area (Å²) >= 11 is 5.81. The number of carbonyl (C=O) groups excluding carboxylic acids is 1. The summed E-state index contributed by atoms with van der Waals surface area (Å²) in [7, 11) is 1.82. The van der Waals surface area contributed by atoms with Crippen LogP contribution in [0.2, 0.25) is 5.02 Å². The summed E-state index contributed by atoms with van der Waals surface area (Å²) in [6.45, 7) is 2.19. The van der Waals surface area contributed by atoms with Crippen molar-refractivity contribution in [3.05, 3.63) is 46.2 Å². The highest BCUT2D eigenvalue weighted by atomic mass is 35.5. The standard InChI is InChI=1S/C14H16ClN3O2/c1-3-10-7-11(18(2)17-10)8-20-14(19)9-4-5-12(15)13(16)6-9/h4-7H,3,8,16H2,1-2H3. The van der Waals surface area contributed by atoms with Gasteiger partial charge in [-0.1, -0.05) is 18.5 Å². The van der Waals surface area contributed by atoms with Crippen molar-refractivity contribution in [3.8, 4) is 0 Å². The van der Waals surface area contributed by atoms with E-state index in [9.17, 15) is 4.79 Å². The predicted octanol–water partition coefficient (Wildman–Crippen LogP) is 2.58. The van der Waals surface area contributed by atoms with E-state index in [-0.39, 0.29) is 6.61 Å². The molecule has 0 saturated heterocycles. The number of aryl methyl sites for hydroxylation is 2. The fourth-order valence-corrected chi connectivity index (χ4v) is 1.89. The summed E-state index contributed by atoms with van der Waals surface area (Å²) in [5.41, 5.74) is 8.20. The summed E-state index contributed by atoms with van der Waals surface area (Å²) in [5.74, 6) is -0.437. The van der Waals surface area contributed by atoms with Crippen LogP contribution in [0.15, 0.2) is 24.3 Å². The number of aromatic nitrogens is 2. The van der Waals surface area contributed by atoms with Gasteiger partial charge in [0, 0.05) is 7.05 Å². The molecule has 0 aliphatic rings. The molecule has 0 radical (unpaired) electrons. The van der Waals surface area contributed by atoms with E-state index in [4.69, 9.17) is 22.1 Å². The number of ether oxygens (including phenoxy) is 1. The summed E-state index contributed by atoms with van der Waals surface area (Å²) in [5, 5.41) is 4.71. The third-order valence-electron chi connectivity index (χ3n) is 2.97. The van der Waals surface area contributed by atoms with Crippen LogP contribution in [0.4, 0.5) is 5.69 Å². The van der Waals surface area contributed by atoms with Gasteiger partial charge in [0.25, 0.3) is 0 Å². The highest BCUT2D eigenvalue weighted by Crippen LogP contribution is 2.20. The molecule has 0 fully saturated rings. The smallest absolute Gasteiger partial charge is 0.338 e. The number of nitrogens with zero attached hydrogens (tertiary/aromatic N) is 2. The maximum absolute atomic E-state index is 11.9. The number of rotatable bonds is 4. The second kappa shape index (κ2) is 5.96. The first-order valence-electron chi connectivity index (χ1n) is 6.25. The Kier molecular flexibility index (Phi) is 4.29. The fraction of sp³-hybridized carbons (Fsp3) is 0.286. The molecule has 2 aromatic rings. The Hall–Kier alpha value is -2.01. The third-order valence-corrected chi connectivity index (χ3v) is 3.32. The minimum atomic E-state index is -0.437. The molecule has 2 rings (SSSR count). The molecular formula is C14H16ClN3O2. The molecule has 1 heterocycles. The van der Waals surface area contributed by atoms with Crippen LogP contribution in [0.3, 0.4) is 0 Å². The average Bonchev–Trinajstić information content (AvgIpc) is 2.79. The zero-order valence-electron chi connectivity index (χ0n) is 11.4. The van der Waals surface area contributed by atoms with Gasteiger partial charge in [-0.05, 0) is 30.7 Å². The SMILES string of the molecule is CCc1cc(COC(=O)c2ccc(Cl)c(N)c2)n(C)n1. The van der Waals surface area contributed by atoms with E-state index < -0.39 is 5.97 Å². The zero-order chi connectivity index (χ0) is 14.7. The lowest BCUT2D eigenvalue weighted by molar-refractivity contribution is 0.0463. The van der Waals surface area contributed by atoms with E-state index in [1.165, 1.54) is 6.07 Å². The van der Waals surface area contributed by atoms with Gasteiger partial charge in [0.2, 0.25) is 0 Å². The molecule has 0 spiro atoms. The number of hydrogen-bond donors (Lipinski definition) is 1. The minimum absolute atomic E-state index is 0.171. The van der Waals surface area contributed by atoms with Gasteiger partial charge in [-0.3, -0.25) is 4.68 Å². The lowest BCUT2D eigenvalue weighted by Crippen LogP contribution is -2.08. The van der Waals surface area contributed by atoms with Gasteiger partial charge in [-0.15, -0.1) is 0 Å². The van der Waals surface area contributed by atoms with Crippen molar-refractivity contribution >= 4 is 23.3 Å².